The minimum Gasteiger partial charge on any atom is -0.486 e. The van der Waals surface area contributed by atoms with E-state index in [1.54, 1.807) is 7.11 Å². The molecule has 0 radical (unpaired) electrons. The Morgan fingerprint density at radius 3 is 2.85 bits per heavy atom. The van der Waals surface area contributed by atoms with E-state index in [4.69, 9.17) is 18.9 Å². The van der Waals surface area contributed by atoms with Gasteiger partial charge in [0.2, 0.25) is 0 Å². The van der Waals surface area contributed by atoms with Gasteiger partial charge in [-0.25, -0.2) is 0 Å². The quantitative estimate of drug-likeness (QED) is 0.691. The molecule has 1 atom stereocenters. The van der Waals surface area contributed by atoms with Gasteiger partial charge in [0.15, 0.2) is 11.5 Å². The van der Waals surface area contributed by atoms with Crippen LogP contribution in [0.4, 0.5) is 5.69 Å². The molecule has 0 amide bonds. The maximum absolute atomic E-state index is 9.76. The lowest BCUT2D eigenvalue weighted by Crippen LogP contribution is -2.25. The second kappa shape index (κ2) is 7.94. The van der Waals surface area contributed by atoms with Crippen LogP contribution in [-0.4, -0.2) is 57.9 Å². The molecule has 0 aromatic heterocycles. The molecule has 1 aromatic carbocycles. The van der Waals surface area contributed by atoms with Crippen LogP contribution >= 0.6 is 0 Å². The van der Waals surface area contributed by atoms with E-state index in [1.165, 1.54) is 0 Å². The number of rotatable bonds is 8. The number of ether oxygens (including phenoxy) is 4. The molecule has 0 spiro atoms. The molecule has 112 valence electrons. The van der Waals surface area contributed by atoms with Crippen LogP contribution in [-0.2, 0) is 9.47 Å². The zero-order chi connectivity index (χ0) is 14.2. The highest BCUT2D eigenvalue weighted by Crippen LogP contribution is 2.32. The standard InChI is InChI=1S/C14H21NO5/c1-17-4-5-18-10-12(16)9-15-11-2-3-13-14(8-11)20-7-6-19-13/h2-3,8,12,15-16H,4-7,9-10H2,1H3. The number of hydrogen-bond donors (Lipinski definition) is 2. The van der Waals surface area contributed by atoms with E-state index in [9.17, 15) is 5.11 Å². The second-order valence-corrected chi connectivity index (χ2v) is 4.46. The zero-order valence-electron chi connectivity index (χ0n) is 11.6. The summed E-state index contributed by atoms with van der Waals surface area (Å²) < 4.78 is 21.1. The van der Waals surface area contributed by atoms with Crippen LogP contribution in [0.15, 0.2) is 18.2 Å². The van der Waals surface area contributed by atoms with E-state index in [1.807, 2.05) is 18.2 Å². The number of anilines is 1. The third kappa shape index (κ3) is 4.56. The van der Waals surface area contributed by atoms with Crippen molar-refractivity contribution in [3.63, 3.8) is 0 Å². The van der Waals surface area contributed by atoms with E-state index in [0.717, 1.165) is 17.2 Å². The normalized spacial score (nSPS) is 14.9. The van der Waals surface area contributed by atoms with Crippen LogP contribution in [0, 0.1) is 0 Å². The maximum atomic E-state index is 9.76. The van der Waals surface area contributed by atoms with Gasteiger partial charge in [-0.1, -0.05) is 0 Å². The first-order valence-corrected chi connectivity index (χ1v) is 6.68. The van der Waals surface area contributed by atoms with Crippen molar-refractivity contribution in [2.24, 2.45) is 0 Å². The second-order valence-electron chi connectivity index (χ2n) is 4.46. The lowest BCUT2D eigenvalue weighted by molar-refractivity contribution is 0.0182. The van der Waals surface area contributed by atoms with Crippen molar-refractivity contribution < 1.29 is 24.1 Å². The van der Waals surface area contributed by atoms with Crippen molar-refractivity contribution in [1.82, 2.24) is 0 Å². The van der Waals surface area contributed by atoms with Gasteiger partial charge in [0.05, 0.1) is 25.9 Å². The number of aliphatic hydroxyl groups excluding tert-OH is 1. The van der Waals surface area contributed by atoms with Gasteiger partial charge in [0, 0.05) is 25.4 Å². The molecule has 0 fully saturated rings. The fourth-order valence-corrected chi connectivity index (χ4v) is 1.81. The van der Waals surface area contributed by atoms with Gasteiger partial charge in [-0.3, -0.25) is 0 Å². The zero-order valence-corrected chi connectivity index (χ0v) is 11.6. The molecular formula is C14H21NO5. The summed E-state index contributed by atoms with van der Waals surface area (Å²) >= 11 is 0. The predicted octanol–water partition coefficient (Wildman–Crippen LogP) is 0.894. The fourth-order valence-electron chi connectivity index (χ4n) is 1.81. The number of methoxy groups -OCH3 is 1. The lowest BCUT2D eigenvalue weighted by atomic mass is 10.2. The lowest BCUT2D eigenvalue weighted by Gasteiger charge is -2.19. The van der Waals surface area contributed by atoms with Gasteiger partial charge >= 0.3 is 0 Å². The summed E-state index contributed by atoms with van der Waals surface area (Å²) in [5, 5.41) is 12.9. The first-order chi connectivity index (χ1) is 9.79. The van der Waals surface area contributed by atoms with Crippen molar-refractivity contribution in [2.75, 3.05) is 52.0 Å². The SMILES string of the molecule is COCCOCC(O)CNc1ccc2c(c1)OCCO2. The monoisotopic (exact) mass is 283 g/mol. The Hall–Kier alpha value is -1.50. The first-order valence-electron chi connectivity index (χ1n) is 6.68. The minimum atomic E-state index is -0.569. The van der Waals surface area contributed by atoms with E-state index in [2.05, 4.69) is 5.32 Å². The van der Waals surface area contributed by atoms with Gasteiger partial charge < -0.3 is 29.4 Å². The molecule has 1 aromatic rings. The smallest absolute Gasteiger partial charge is 0.163 e. The molecule has 6 nitrogen and oxygen atoms in total. The van der Waals surface area contributed by atoms with Crippen LogP contribution in [0.2, 0.25) is 0 Å². The van der Waals surface area contributed by atoms with E-state index < -0.39 is 6.10 Å². The Kier molecular flexibility index (Phi) is 5.91. The highest BCUT2D eigenvalue weighted by Gasteiger charge is 2.12. The van der Waals surface area contributed by atoms with Crippen LogP contribution in [0.5, 0.6) is 11.5 Å². The van der Waals surface area contributed by atoms with Crippen molar-refractivity contribution in [3.8, 4) is 11.5 Å². The summed E-state index contributed by atoms with van der Waals surface area (Å²) in [6.45, 7) is 2.84. The van der Waals surface area contributed by atoms with Gasteiger partial charge in [0.25, 0.3) is 0 Å². The number of aliphatic hydroxyl groups is 1. The fraction of sp³-hybridized carbons (Fsp3) is 0.571. The average Bonchev–Trinajstić information content (AvgIpc) is 2.49. The van der Waals surface area contributed by atoms with Crippen molar-refractivity contribution in [2.45, 2.75) is 6.10 Å². The van der Waals surface area contributed by atoms with Crippen LogP contribution in [0.25, 0.3) is 0 Å². The molecule has 2 N–H and O–H groups in total. The summed E-state index contributed by atoms with van der Waals surface area (Å²) in [4.78, 5) is 0. The molecule has 0 saturated carbocycles. The molecule has 1 aliphatic rings. The maximum Gasteiger partial charge on any atom is 0.163 e. The number of fused-ring (bicyclic) bond motifs is 1. The number of benzene rings is 1. The van der Waals surface area contributed by atoms with Crippen molar-refractivity contribution >= 4 is 5.69 Å². The predicted molar refractivity (Wildman–Crippen MR) is 74.6 cm³/mol. The Bertz CT molecular complexity index is 413. The summed E-state index contributed by atoms with van der Waals surface area (Å²) in [6, 6.07) is 5.62. The van der Waals surface area contributed by atoms with Crippen LogP contribution < -0.4 is 14.8 Å². The number of hydrogen-bond acceptors (Lipinski definition) is 6. The van der Waals surface area contributed by atoms with Gasteiger partial charge in [-0.15, -0.1) is 0 Å². The van der Waals surface area contributed by atoms with Crippen molar-refractivity contribution in [3.05, 3.63) is 18.2 Å². The third-order valence-corrected chi connectivity index (χ3v) is 2.83. The summed E-state index contributed by atoms with van der Waals surface area (Å²) in [5.41, 5.74) is 0.880. The highest BCUT2D eigenvalue weighted by molar-refractivity contribution is 5.55. The van der Waals surface area contributed by atoms with E-state index in [-0.39, 0.29) is 6.61 Å². The molecule has 0 saturated heterocycles. The molecule has 2 rings (SSSR count). The Morgan fingerprint density at radius 1 is 1.25 bits per heavy atom. The summed E-state index contributed by atoms with van der Waals surface area (Å²) in [6.07, 6.45) is -0.569. The molecule has 0 bridgehead atoms. The highest BCUT2D eigenvalue weighted by atomic mass is 16.6. The Labute approximate surface area is 118 Å². The van der Waals surface area contributed by atoms with Crippen LogP contribution in [0.3, 0.4) is 0 Å². The topological polar surface area (TPSA) is 69.2 Å². The van der Waals surface area contributed by atoms with Gasteiger partial charge in [-0.2, -0.15) is 0 Å². The minimum absolute atomic E-state index is 0.279. The Morgan fingerprint density at radius 2 is 2.05 bits per heavy atom. The average molecular weight is 283 g/mol. The molecule has 1 aliphatic heterocycles. The molecule has 1 unspecified atom stereocenters. The van der Waals surface area contributed by atoms with Gasteiger partial charge in [0.1, 0.15) is 13.2 Å². The van der Waals surface area contributed by atoms with E-state index >= 15 is 0 Å². The number of nitrogens with one attached hydrogen (secondary N) is 1. The molecular weight excluding hydrogens is 262 g/mol. The summed E-state index contributed by atoms with van der Waals surface area (Å²) in [7, 11) is 1.61. The molecule has 1 heterocycles. The third-order valence-electron chi connectivity index (χ3n) is 2.83. The molecule has 6 heteroatoms. The van der Waals surface area contributed by atoms with Crippen LogP contribution in [0.1, 0.15) is 0 Å². The van der Waals surface area contributed by atoms with Crippen molar-refractivity contribution in [1.29, 1.82) is 0 Å². The van der Waals surface area contributed by atoms with Gasteiger partial charge in [-0.05, 0) is 12.1 Å². The molecule has 20 heavy (non-hydrogen) atoms. The Balaban J connectivity index is 1.73. The first kappa shape index (κ1) is 14.9. The van der Waals surface area contributed by atoms with E-state index in [0.29, 0.717) is 33.0 Å². The largest absolute Gasteiger partial charge is 0.486 e. The summed E-state index contributed by atoms with van der Waals surface area (Å²) in [5.74, 6) is 1.48. The molecule has 0 aliphatic carbocycles.